The lowest BCUT2D eigenvalue weighted by atomic mass is 10.2. The minimum Gasteiger partial charge on any atom is -0.380 e. The number of nitrogens with zero attached hydrogens (tertiary/aromatic N) is 3. The Bertz CT molecular complexity index is 300. The average Bonchev–Trinajstić information content (AvgIpc) is 2.77. The summed E-state index contributed by atoms with van der Waals surface area (Å²) in [6, 6.07) is 0.320. The molecule has 1 aromatic rings. The molecule has 1 aromatic heterocycles. The van der Waals surface area contributed by atoms with Crippen LogP contribution < -0.4 is 5.32 Å². The van der Waals surface area contributed by atoms with Crippen LogP contribution in [-0.4, -0.2) is 40.6 Å². The minimum absolute atomic E-state index is 0.320. The van der Waals surface area contributed by atoms with Crippen molar-refractivity contribution in [3.05, 3.63) is 12.2 Å². The average molecular weight is 240 g/mol. The van der Waals surface area contributed by atoms with Gasteiger partial charge in [0.2, 0.25) is 0 Å². The molecule has 98 valence electrons. The van der Waals surface area contributed by atoms with Crippen molar-refractivity contribution in [1.82, 2.24) is 20.1 Å². The molecule has 0 aliphatic rings. The third-order valence-corrected chi connectivity index (χ3v) is 2.58. The molecule has 0 saturated carbocycles. The van der Waals surface area contributed by atoms with Gasteiger partial charge in [-0.15, -0.1) is 0 Å². The van der Waals surface area contributed by atoms with Gasteiger partial charge in [0, 0.05) is 25.6 Å². The van der Waals surface area contributed by atoms with Crippen LogP contribution in [0.5, 0.6) is 0 Å². The third kappa shape index (κ3) is 4.83. The fourth-order valence-electron chi connectivity index (χ4n) is 1.78. The molecular weight excluding hydrogens is 216 g/mol. The van der Waals surface area contributed by atoms with E-state index in [9.17, 15) is 0 Å². The van der Waals surface area contributed by atoms with E-state index in [1.807, 2.05) is 4.68 Å². The lowest BCUT2D eigenvalue weighted by Crippen LogP contribution is -2.36. The maximum absolute atomic E-state index is 5.60. The highest BCUT2D eigenvalue weighted by molar-refractivity contribution is 4.89. The Kier molecular flexibility index (Phi) is 6.81. The van der Waals surface area contributed by atoms with Crippen LogP contribution in [0.3, 0.4) is 0 Å². The Balaban J connectivity index is 2.47. The molecule has 0 bridgehead atoms. The number of hydrogen-bond acceptors (Lipinski definition) is 4. The first kappa shape index (κ1) is 14.1. The lowest BCUT2D eigenvalue weighted by Gasteiger charge is -2.17. The van der Waals surface area contributed by atoms with E-state index in [1.165, 1.54) is 0 Å². The number of ether oxygens (including phenoxy) is 1. The first-order valence-electron chi connectivity index (χ1n) is 6.49. The summed E-state index contributed by atoms with van der Waals surface area (Å²) in [6.07, 6.45) is 3.55. The van der Waals surface area contributed by atoms with Crippen LogP contribution in [-0.2, 0) is 17.7 Å². The van der Waals surface area contributed by atoms with Crippen molar-refractivity contribution >= 4 is 0 Å². The summed E-state index contributed by atoms with van der Waals surface area (Å²) < 4.78 is 7.53. The van der Waals surface area contributed by atoms with E-state index >= 15 is 0 Å². The number of aryl methyl sites for hydroxylation is 1. The number of aromatic nitrogens is 3. The van der Waals surface area contributed by atoms with E-state index in [0.717, 1.165) is 45.0 Å². The standard InChI is InChI=1S/C12H24N4O/c1-4-7-17-9-11(13-5-2)8-12-14-10-15-16(12)6-3/h10-11,13H,4-9H2,1-3H3. The van der Waals surface area contributed by atoms with Crippen molar-refractivity contribution in [1.29, 1.82) is 0 Å². The van der Waals surface area contributed by atoms with Gasteiger partial charge in [0.1, 0.15) is 12.2 Å². The largest absolute Gasteiger partial charge is 0.380 e. The monoisotopic (exact) mass is 240 g/mol. The van der Waals surface area contributed by atoms with E-state index in [0.29, 0.717) is 6.04 Å². The maximum atomic E-state index is 5.60. The summed E-state index contributed by atoms with van der Waals surface area (Å²) in [4.78, 5) is 4.29. The van der Waals surface area contributed by atoms with E-state index in [2.05, 4.69) is 36.2 Å². The molecule has 0 aliphatic carbocycles. The second-order valence-corrected chi connectivity index (χ2v) is 4.03. The SMILES string of the molecule is CCCOCC(Cc1ncnn1CC)NCC. The van der Waals surface area contributed by atoms with Crippen LogP contribution >= 0.6 is 0 Å². The molecule has 0 aliphatic heterocycles. The van der Waals surface area contributed by atoms with Crippen LogP contribution in [0.25, 0.3) is 0 Å². The van der Waals surface area contributed by atoms with E-state index in [-0.39, 0.29) is 0 Å². The van der Waals surface area contributed by atoms with Gasteiger partial charge in [-0.25, -0.2) is 4.98 Å². The second kappa shape index (κ2) is 8.20. The van der Waals surface area contributed by atoms with Crippen molar-refractivity contribution in [3.63, 3.8) is 0 Å². The van der Waals surface area contributed by atoms with Gasteiger partial charge in [0.05, 0.1) is 6.61 Å². The third-order valence-electron chi connectivity index (χ3n) is 2.58. The number of hydrogen-bond donors (Lipinski definition) is 1. The number of rotatable bonds is 9. The van der Waals surface area contributed by atoms with Gasteiger partial charge in [-0.1, -0.05) is 13.8 Å². The normalized spacial score (nSPS) is 12.9. The van der Waals surface area contributed by atoms with Crippen molar-refractivity contribution in [3.8, 4) is 0 Å². The zero-order chi connectivity index (χ0) is 12.5. The Morgan fingerprint density at radius 3 is 2.88 bits per heavy atom. The fraction of sp³-hybridized carbons (Fsp3) is 0.833. The van der Waals surface area contributed by atoms with Crippen molar-refractivity contribution < 1.29 is 4.74 Å². The molecule has 1 rings (SSSR count). The summed E-state index contributed by atoms with van der Waals surface area (Å²) in [5.41, 5.74) is 0. The maximum Gasteiger partial charge on any atom is 0.138 e. The molecule has 0 spiro atoms. The van der Waals surface area contributed by atoms with Crippen LogP contribution in [0, 0.1) is 0 Å². The lowest BCUT2D eigenvalue weighted by molar-refractivity contribution is 0.111. The van der Waals surface area contributed by atoms with E-state index in [4.69, 9.17) is 4.74 Å². The van der Waals surface area contributed by atoms with Crippen molar-refractivity contribution in [2.75, 3.05) is 19.8 Å². The molecule has 0 fully saturated rings. The second-order valence-electron chi connectivity index (χ2n) is 4.03. The van der Waals surface area contributed by atoms with Crippen LogP contribution in [0.1, 0.15) is 33.0 Å². The van der Waals surface area contributed by atoms with Gasteiger partial charge in [0.15, 0.2) is 0 Å². The molecule has 1 N–H and O–H groups in total. The molecule has 0 aromatic carbocycles. The van der Waals surface area contributed by atoms with Gasteiger partial charge < -0.3 is 10.1 Å². The highest BCUT2D eigenvalue weighted by Gasteiger charge is 2.12. The van der Waals surface area contributed by atoms with Crippen molar-refractivity contribution in [2.24, 2.45) is 0 Å². The summed E-state index contributed by atoms with van der Waals surface area (Å²) in [6.45, 7) is 9.67. The van der Waals surface area contributed by atoms with Crippen LogP contribution in [0.15, 0.2) is 6.33 Å². The Labute approximate surface area is 104 Å². The summed E-state index contributed by atoms with van der Waals surface area (Å²) in [5.74, 6) is 1.03. The summed E-state index contributed by atoms with van der Waals surface area (Å²) in [7, 11) is 0. The molecule has 5 nitrogen and oxygen atoms in total. The van der Waals surface area contributed by atoms with Gasteiger partial charge in [-0.3, -0.25) is 4.68 Å². The predicted octanol–water partition coefficient (Wildman–Crippen LogP) is 1.25. The first-order valence-corrected chi connectivity index (χ1v) is 6.49. The van der Waals surface area contributed by atoms with Crippen molar-refractivity contribution in [2.45, 2.75) is 46.2 Å². The highest BCUT2D eigenvalue weighted by Crippen LogP contribution is 2.01. The van der Waals surface area contributed by atoms with Crippen LogP contribution in [0.4, 0.5) is 0 Å². The smallest absolute Gasteiger partial charge is 0.138 e. The van der Waals surface area contributed by atoms with E-state index in [1.54, 1.807) is 6.33 Å². The predicted molar refractivity (Wildman–Crippen MR) is 68.0 cm³/mol. The molecular formula is C12H24N4O. The van der Waals surface area contributed by atoms with Crippen LogP contribution in [0.2, 0.25) is 0 Å². The molecule has 0 amide bonds. The summed E-state index contributed by atoms with van der Waals surface area (Å²) in [5, 5.41) is 7.61. The Morgan fingerprint density at radius 2 is 2.24 bits per heavy atom. The number of likely N-dealkylation sites (N-methyl/N-ethyl adjacent to an activating group) is 1. The summed E-state index contributed by atoms with van der Waals surface area (Å²) >= 11 is 0. The molecule has 1 atom stereocenters. The molecule has 5 heteroatoms. The quantitative estimate of drug-likeness (QED) is 0.660. The minimum atomic E-state index is 0.320. The molecule has 1 unspecified atom stereocenters. The van der Waals surface area contributed by atoms with Gasteiger partial charge in [-0.05, 0) is 19.9 Å². The highest BCUT2D eigenvalue weighted by atomic mass is 16.5. The van der Waals surface area contributed by atoms with Gasteiger partial charge >= 0.3 is 0 Å². The number of nitrogens with one attached hydrogen (secondary N) is 1. The molecule has 0 saturated heterocycles. The Hall–Kier alpha value is -0.940. The topological polar surface area (TPSA) is 52.0 Å². The molecule has 0 radical (unpaired) electrons. The van der Waals surface area contributed by atoms with Gasteiger partial charge in [-0.2, -0.15) is 5.10 Å². The zero-order valence-corrected chi connectivity index (χ0v) is 11.1. The fourth-order valence-corrected chi connectivity index (χ4v) is 1.78. The van der Waals surface area contributed by atoms with E-state index < -0.39 is 0 Å². The Morgan fingerprint density at radius 1 is 1.41 bits per heavy atom. The zero-order valence-electron chi connectivity index (χ0n) is 11.1. The molecule has 17 heavy (non-hydrogen) atoms. The first-order chi connectivity index (χ1) is 8.31. The molecule has 1 heterocycles. The van der Waals surface area contributed by atoms with Gasteiger partial charge in [0.25, 0.3) is 0 Å².